The van der Waals surface area contributed by atoms with Gasteiger partial charge < -0.3 is 5.32 Å². The average molecular weight is 286 g/mol. The maximum atomic E-state index is 4.60. The van der Waals surface area contributed by atoms with E-state index < -0.39 is 0 Å². The molecule has 3 rings (SSSR count). The molecule has 0 amide bonds. The van der Waals surface area contributed by atoms with Gasteiger partial charge in [-0.05, 0) is 13.0 Å². The van der Waals surface area contributed by atoms with Crippen LogP contribution in [0.1, 0.15) is 45.3 Å². The van der Waals surface area contributed by atoms with Crippen LogP contribution < -0.4 is 5.32 Å². The van der Waals surface area contributed by atoms with E-state index in [9.17, 15) is 0 Å². The summed E-state index contributed by atoms with van der Waals surface area (Å²) in [5.41, 5.74) is 1.94. The summed E-state index contributed by atoms with van der Waals surface area (Å²) in [6.45, 7) is 8.36. The fourth-order valence-corrected chi connectivity index (χ4v) is 2.02. The predicted octanol–water partition coefficient (Wildman–Crippen LogP) is 1.71. The second kappa shape index (κ2) is 4.80. The van der Waals surface area contributed by atoms with Gasteiger partial charge >= 0.3 is 0 Å². The Balaban J connectivity index is 1.97. The number of hydrogen-bond donors (Lipinski definition) is 2. The molecule has 0 saturated heterocycles. The number of rotatable bonds is 3. The molecule has 0 bridgehead atoms. The van der Waals surface area contributed by atoms with Crippen molar-refractivity contribution in [3.63, 3.8) is 0 Å². The van der Waals surface area contributed by atoms with Crippen LogP contribution >= 0.6 is 0 Å². The number of hydrogen-bond acceptors (Lipinski definition) is 6. The summed E-state index contributed by atoms with van der Waals surface area (Å²) in [4.78, 5) is 4.39. The maximum absolute atomic E-state index is 4.60. The molecule has 3 heterocycles. The SMILES string of the molecule is CC(Nc1nccn2nc(C(C)(C)C)cc12)c1nn[nH]n1. The quantitative estimate of drug-likeness (QED) is 0.761. The predicted molar refractivity (Wildman–Crippen MR) is 77.9 cm³/mol. The maximum Gasteiger partial charge on any atom is 0.196 e. The van der Waals surface area contributed by atoms with Crippen LogP contribution in [0, 0.1) is 0 Å². The van der Waals surface area contributed by atoms with Crippen molar-refractivity contribution in [2.45, 2.75) is 39.2 Å². The van der Waals surface area contributed by atoms with Crippen LogP contribution in [0.2, 0.25) is 0 Å². The number of fused-ring (bicyclic) bond motifs is 1. The van der Waals surface area contributed by atoms with E-state index in [1.165, 1.54) is 0 Å². The van der Waals surface area contributed by atoms with Crippen LogP contribution in [-0.2, 0) is 5.41 Å². The first-order valence-electron chi connectivity index (χ1n) is 6.80. The van der Waals surface area contributed by atoms with Gasteiger partial charge in [0.25, 0.3) is 0 Å². The lowest BCUT2D eigenvalue weighted by Crippen LogP contribution is -2.11. The van der Waals surface area contributed by atoms with Crippen LogP contribution in [0.4, 0.5) is 5.82 Å². The van der Waals surface area contributed by atoms with Gasteiger partial charge in [-0.1, -0.05) is 26.0 Å². The van der Waals surface area contributed by atoms with E-state index in [0.29, 0.717) is 5.82 Å². The zero-order chi connectivity index (χ0) is 15.0. The first-order valence-corrected chi connectivity index (χ1v) is 6.80. The smallest absolute Gasteiger partial charge is 0.196 e. The largest absolute Gasteiger partial charge is 0.358 e. The van der Waals surface area contributed by atoms with Gasteiger partial charge in [0.1, 0.15) is 5.52 Å². The summed E-state index contributed by atoms with van der Waals surface area (Å²) in [6, 6.07) is 1.95. The molecule has 0 aliphatic carbocycles. The van der Waals surface area contributed by atoms with E-state index in [1.54, 1.807) is 6.20 Å². The summed E-state index contributed by atoms with van der Waals surface area (Å²) < 4.78 is 1.83. The molecule has 8 heteroatoms. The molecule has 1 atom stereocenters. The summed E-state index contributed by atoms with van der Waals surface area (Å²) in [5, 5.41) is 21.9. The third-order valence-electron chi connectivity index (χ3n) is 3.26. The Labute approximate surface area is 122 Å². The van der Waals surface area contributed by atoms with Crippen molar-refractivity contribution in [2.75, 3.05) is 5.32 Å². The average Bonchev–Trinajstić information content (AvgIpc) is 3.07. The fraction of sp³-hybridized carbons (Fsp3) is 0.462. The van der Waals surface area contributed by atoms with Crippen molar-refractivity contribution in [2.24, 2.45) is 0 Å². The first kappa shape index (κ1) is 13.5. The van der Waals surface area contributed by atoms with Gasteiger partial charge in [0.15, 0.2) is 11.6 Å². The molecular formula is C13H18N8. The number of nitrogens with one attached hydrogen (secondary N) is 2. The highest BCUT2D eigenvalue weighted by molar-refractivity contribution is 5.68. The summed E-state index contributed by atoms with van der Waals surface area (Å²) in [7, 11) is 0. The van der Waals surface area contributed by atoms with Crippen molar-refractivity contribution in [3.05, 3.63) is 30.0 Å². The Hall–Kier alpha value is -2.51. The van der Waals surface area contributed by atoms with E-state index in [1.807, 2.05) is 17.6 Å². The highest BCUT2D eigenvalue weighted by Gasteiger charge is 2.20. The lowest BCUT2D eigenvalue weighted by molar-refractivity contribution is 0.562. The lowest BCUT2D eigenvalue weighted by Gasteiger charge is -2.13. The number of nitrogens with zero attached hydrogens (tertiary/aromatic N) is 6. The van der Waals surface area contributed by atoms with Crippen molar-refractivity contribution in [3.8, 4) is 0 Å². The van der Waals surface area contributed by atoms with Crippen molar-refractivity contribution in [1.82, 2.24) is 35.2 Å². The fourth-order valence-electron chi connectivity index (χ4n) is 2.02. The van der Waals surface area contributed by atoms with Gasteiger partial charge in [-0.2, -0.15) is 10.3 Å². The van der Waals surface area contributed by atoms with Crippen LogP contribution in [0.3, 0.4) is 0 Å². The minimum Gasteiger partial charge on any atom is -0.358 e. The molecule has 2 N–H and O–H groups in total. The normalized spacial score (nSPS) is 13.5. The molecule has 0 aromatic carbocycles. The molecule has 21 heavy (non-hydrogen) atoms. The Morgan fingerprint density at radius 3 is 2.81 bits per heavy atom. The molecule has 0 fully saturated rings. The zero-order valence-corrected chi connectivity index (χ0v) is 12.5. The lowest BCUT2D eigenvalue weighted by atomic mass is 9.92. The van der Waals surface area contributed by atoms with Crippen LogP contribution in [0.5, 0.6) is 0 Å². The van der Waals surface area contributed by atoms with E-state index >= 15 is 0 Å². The van der Waals surface area contributed by atoms with E-state index in [0.717, 1.165) is 17.0 Å². The van der Waals surface area contributed by atoms with Crippen molar-refractivity contribution >= 4 is 11.3 Å². The third kappa shape index (κ3) is 2.56. The third-order valence-corrected chi connectivity index (χ3v) is 3.26. The van der Waals surface area contributed by atoms with E-state index in [2.05, 4.69) is 62.9 Å². The van der Waals surface area contributed by atoms with Crippen molar-refractivity contribution in [1.29, 1.82) is 0 Å². The molecule has 0 aliphatic rings. The summed E-state index contributed by atoms with van der Waals surface area (Å²) in [5.74, 6) is 1.34. The molecule has 0 radical (unpaired) electrons. The van der Waals surface area contributed by atoms with Crippen molar-refractivity contribution < 1.29 is 0 Å². The van der Waals surface area contributed by atoms with E-state index in [4.69, 9.17) is 0 Å². The van der Waals surface area contributed by atoms with Gasteiger partial charge in [-0.15, -0.1) is 10.2 Å². The number of tetrazole rings is 1. The van der Waals surface area contributed by atoms with Gasteiger partial charge in [0.2, 0.25) is 0 Å². The standard InChI is InChI=1S/C13H18N8/c1-8(11-16-19-20-17-11)15-12-9-7-10(13(2,3)4)18-21(9)6-5-14-12/h5-8H,1-4H3,(H,14,15)(H,16,17,19,20). The second-order valence-electron chi connectivity index (χ2n) is 6.02. The molecule has 0 saturated carbocycles. The molecular weight excluding hydrogens is 268 g/mol. The Kier molecular flexibility index (Phi) is 3.08. The number of aromatic nitrogens is 7. The minimum absolute atomic E-state index is 0.0113. The molecule has 8 nitrogen and oxygen atoms in total. The van der Waals surface area contributed by atoms with Gasteiger partial charge in [-0.3, -0.25) is 0 Å². The highest BCUT2D eigenvalue weighted by Crippen LogP contribution is 2.25. The zero-order valence-electron chi connectivity index (χ0n) is 12.5. The monoisotopic (exact) mass is 286 g/mol. The molecule has 3 aromatic rings. The van der Waals surface area contributed by atoms with Gasteiger partial charge in [0.05, 0.1) is 11.7 Å². The van der Waals surface area contributed by atoms with Crippen LogP contribution in [0.25, 0.3) is 5.52 Å². The summed E-state index contributed by atoms with van der Waals surface area (Å²) >= 11 is 0. The Bertz CT molecular complexity index is 737. The molecule has 0 spiro atoms. The van der Waals surface area contributed by atoms with Gasteiger partial charge in [0, 0.05) is 17.8 Å². The Morgan fingerprint density at radius 1 is 1.33 bits per heavy atom. The first-order chi connectivity index (χ1) is 9.95. The van der Waals surface area contributed by atoms with Crippen LogP contribution in [-0.4, -0.2) is 35.2 Å². The molecule has 3 aromatic heterocycles. The number of H-pyrrole nitrogens is 1. The minimum atomic E-state index is -0.101. The van der Waals surface area contributed by atoms with E-state index in [-0.39, 0.29) is 11.5 Å². The molecule has 110 valence electrons. The van der Waals surface area contributed by atoms with Crippen LogP contribution in [0.15, 0.2) is 18.5 Å². The summed E-state index contributed by atoms with van der Waals surface area (Å²) in [6.07, 6.45) is 3.56. The Morgan fingerprint density at radius 2 is 2.14 bits per heavy atom. The number of aromatic amines is 1. The molecule has 1 unspecified atom stereocenters. The topological polar surface area (TPSA) is 96.7 Å². The second-order valence-corrected chi connectivity index (χ2v) is 6.02. The van der Waals surface area contributed by atoms with Gasteiger partial charge in [-0.25, -0.2) is 9.50 Å². The highest BCUT2D eigenvalue weighted by atomic mass is 15.5. The molecule has 0 aliphatic heterocycles. The number of anilines is 1.